The molecule has 3 aromatic rings. The molecule has 1 N–H and O–H groups in total. The molecular weight excluding hydrogens is 487 g/mol. The number of rotatable bonds is 11. The average Bonchev–Trinajstić information content (AvgIpc) is 3.33. The van der Waals surface area contributed by atoms with Gasteiger partial charge in [0.05, 0.1) is 31.4 Å². The van der Waals surface area contributed by atoms with Crippen molar-refractivity contribution in [2.24, 2.45) is 0 Å². The minimum Gasteiger partial charge on any atom is -0.503 e. The number of halogens is 1. The molecule has 0 unspecified atom stereocenters. The number of hydrogen-bond donors (Lipinski definition) is 1. The molecule has 1 atom stereocenters. The highest BCUT2D eigenvalue weighted by Crippen LogP contribution is 2.31. The van der Waals surface area contributed by atoms with E-state index in [-0.39, 0.29) is 35.6 Å². The Bertz CT molecular complexity index is 1260. The summed E-state index contributed by atoms with van der Waals surface area (Å²) in [6.45, 7) is 4.05. The fourth-order valence-electron chi connectivity index (χ4n) is 4.09. The SMILES string of the molecule is CCCCN1C[C@H](COCCOC)n2cc(-c3nnc(Cc4ccc(F)cc4)s3)c(=O)c(O)c2C1=O. The van der Waals surface area contributed by atoms with E-state index in [2.05, 4.69) is 10.2 Å². The van der Waals surface area contributed by atoms with Gasteiger partial charge in [0.1, 0.15) is 10.8 Å². The lowest BCUT2D eigenvalue weighted by molar-refractivity contribution is 0.0339. The van der Waals surface area contributed by atoms with Gasteiger partial charge in [-0.15, -0.1) is 10.2 Å². The Kier molecular flexibility index (Phi) is 8.44. The van der Waals surface area contributed by atoms with Crippen LogP contribution in [0.15, 0.2) is 35.3 Å². The number of fused-ring (bicyclic) bond motifs is 1. The fraction of sp³-hybridized carbons (Fsp3) is 0.440. The second-order valence-corrected chi connectivity index (χ2v) is 9.67. The molecule has 0 radical (unpaired) electrons. The van der Waals surface area contributed by atoms with Crippen molar-refractivity contribution in [1.82, 2.24) is 19.7 Å². The minimum absolute atomic E-state index is 0.0394. The van der Waals surface area contributed by atoms with E-state index in [0.29, 0.717) is 42.7 Å². The van der Waals surface area contributed by atoms with Gasteiger partial charge in [0, 0.05) is 32.8 Å². The molecule has 0 fully saturated rings. The molecule has 11 heteroatoms. The number of ether oxygens (including phenoxy) is 2. The number of methoxy groups -OCH3 is 1. The predicted octanol–water partition coefficient (Wildman–Crippen LogP) is 3.26. The van der Waals surface area contributed by atoms with Gasteiger partial charge < -0.3 is 24.0 Å². The molecule has 1 aromatic carbocycles. The summed E-state index contributed by atoms with van der Waals surface area (Å²) in [7, 11) is 1.59. The normalized spacial score (nSPS) is 15.4. The van der Waals surface area contributed by atoms with Crippen molar-refractivity contribution < 1.29 is 23.8 Å². The maximum Gasteiger partial charge on any atom is 0.274 e. The van der Waals surface area contributed by atoms with Crippen molar-refractivity contribution in [3.63, 3.8) is 0 Å². The Balaban J connectivity index is 1.67. The summed E-state index contributed by atoms with van der Waals surface area (Å²) in [6.07, 6.45) is 3.72. The van der Waals surface area contributed by atoms with Crippen molar-refractivity contribution in [3.8, 4) is 16.3 Å². The summed E-state index contributed by atoms with van der Waals surface area (Å²) in [5, 5.41) is 20.2. The first-order chi connectivity index (χ1) is 17.4. The van der Waals surface area contributed by atoms with Crippen LogP contribution < -0.4 is 5.43 Å². The number of aromatic hydroxyl groups is 1. The number of carbonyl (C=O) groups is 1. The number of pyridine rings is 1. The second kappa shape index (κ2) is 11.7. The zero-order valence-electron chi connectivity index (χ0n) is 20.3. The number of benzene rings is 1. The maximum absolute atomic E-state index is 13.2. The molecule has 0 spiro atoms. The van der Waals surface area contributed by atoms with Gasteiger partial charge in [0.25, 0.3) is 5.91 Å². The largest absolute Gasteiger partial charge is 0.503 e. The zero-order valence-corrected chi connectivity index (χ0v) is 21.1. The molecule has 2 aromatic heterocycles. The first-order valence-electron chi connectivity index (χ1n) is 11.8. The van der Waals surface area contributed by atoms with Crippen LogP contribution in [0.2, 0.25) is 0 Å². The highest BCUT2D eigenvalue weighted by molar-refractivity contribution is 7.14. The minimum atomic E-state index is -0.671. The van der Waals surface area contributed by atoms with E-state index in [0.717, 1.165) is 18.4 Å². The van der Waals surface area contributed by atoms with Gasteiger partial charge in [-0.1, -0.05) is 36.8 Å². The molecule has 0 aliphatic carbocycles. The second-order valence-electron chi connectivity index (χ2n) is 8.61. The Hall–Kier alpha value is -3.15. The van der Waals surface area contributed by atoms with E-state index in [1.165, 1.54) is 23.5 Å². The lowest BCUT2D eigenvalue weighted by Gasteiger charge is -2.36. The molecule has 192 valence electrons. The van der Waals surface area contributed by atoms with Gasteiger partial charge in [0.2, 0.25) is 5.43 Å². The number of hydrogen-bond acceptors (Lipinski definition) is 8. The number of amides is 1. The monoisotopic (exact) mass is 516 g/mol. The van der Waals surface area contributed by atoms with Crippen LogP contribution in [0.4, 0.5) is 4.39 Å². The highest BCUT2D eigenvalue weighted by Gasteiger charge is 2.35. The summed E-state index contributed by atoms with van der Waals surface area (Å²) in [5.74, 6) is -1.30. The molecule has 0 bridgehead atoms. The lowest BCUT2D eigenvalue weighted by atomic mass is 10.1. The Morgan fingerprint density at radius 2 is 1.97 bits per heavy atom. The number of unbranched alkanes of at least 4 members (excludes halogenated alkanes) is 1. The van der Waals surface area contributed by atoms with Gasteiger partial charge in [-0.2, -0.15) is 0 Å². The van der Waals surface area contributed by atoms with Crippen molar-refractivity contribution >= 4 is 17.2 Å². The van der Waals surface area contributed by atoms with Gasteiger partial charge >= 0.3 is 0 Å². The van der Waals surface area contributed by atoms with Crippen molar-refractivity contribution in [2.45, 2.75) is 32.2 Å². The van der Waals surface area contributed by atoms with Gasteiger partial charge in [-0.05, 0) is 24.1 Å². The van der Waals surface area contributed by atoms with Crippen LogP contribution in [-0.2, 0) is 15.9 Å². The molecule has 0 saturated heterocycles. The van der Waals surface area contributed by atoms with Crippen LogP contribution in [0, 0.1) is 5.82 Å². The molecule has 3 heterocycles. The Morgan fingerprint density at radius 1 is 1.19 bits per heavy atom. The molecule has 4 rings (SSSR count). The van der Waals surface area contributed by atoms with Crippen LogP contribution in [0.1, 0.15) is 46.9 Å². The van der Waals surface area contributed by atoms with E-state index in [1.54, 1.807) is 34.9 Å². The predicted molar refractivity (Wildman–Crippen MR) is 133 cm³/mol. The van der Waals surface area contributed by atoms with E-state index in [1.807, 2.05) is 6.92 Å². The molecule has 1 amide bonds. The number of carbonyl (C=O) groups excluding carboxylic acids is 1. The van der Waals surface area contributed by atoms with Crippen LogP contribution in [0.25, 0.3) is 10.6 Å². The topological polar surface area (TPSA) is 107 Å². The van der Waals surface area contributed by atoms with Crippen molar-refractivity contribution in [3.05, 3.63) is 62.8 Å². The fourth-order valence-corrected chi connectivity index (χ4v) is 4.97. The highest BCUT2D eigenvalue weighted by atomic mass is 32.1. The average molecular weight is 517 g/mol. The summed E-state index contributed by atoms with van der Waals surface area (Å²) >= 11 is 1.21. The first-order valence-corrected chi connectivity index (χ1v) is 12.7. The molecule has 1 aliphatic rings. The Labute approximate surface area is 212 Å². The van der Waals surface area contributed by atoms with Crippen molar-refractivity contribution in [1.29, 1.82) is 0 Å². The van der Waals surface area contributed by atoms with Crippen molar-refractivity contribution in [2.75, 3.05) is 40.0 Å². The van der Waals surface area contributed by atoms with Gasteiger partial charge in [-0.3, -0.25) is 9.59 Å². The number of aromatic nitrogens is 3. The van der Waals surface area contributed by atoms with Crippen LogP contribution in [0.5, 0.6) is 5.75 Å². The van der Waals surface area contributed by atoms with Crippen LogP contribution >= 0.6 is 11.3 Å². The third-order valence-corrected chi connectivity index (χ3v) is 6.97. The molecule has 9 nitrogen and oxygen atoms in total. The van der Waals surface area contributed by atoms with Crippen LogP contribution in [-0.4, -0.2) is 70.7 Å². The molecule has 1 aliphatic heterocycles. The lowest BCUT2D eigenvalue weighted by Crippen LogP contribution is -2.46. The van der Waals surface area contributed by atoms with E-state index >= 15 is 0 Å². The summed E-state index contributed by atoms with van der Waals surface area (Å²) in [4.78, 5) is 28.0. The maximum atomic E-state index is 13.2. The third kappa shape index (κ3) is 5.63. The number of nitrogens with zero attached hydrogens (tertiary/aromatic N) is 4. The quantitative estimate of drug-likeness (QED) is 0.390. The molecule has 36 heavy (non-hydrogen) atoms. The standard InChI is InChI=1S/C25H29FN4O5S/c1-3-4-9-29-13-18(15-35-11-10-34-2)30-14-19(22(31)23(32)21(30)25(29)33)24-28-27-20(36-24)12-16-5-7-17(26)8-6-16/h5-8,14,18,32H,3-4,9-13,15H2,1-2H3/t18-/m1/s1. The summed E-state index contributed by atoms with van der Waals surface area (Å²) in [6, 6.07) is 5.78. The zero-order chi connectivity index (χ0) is 25.7. The Morgan fingerprint density at radius 3 is 2.69 bits per heavy atom. The van der Waals surface area contributed by atoms with E-state index in [4.69, 9.17) is 9.47 Å². The van der Waals surface area contributed by atoms with Crippen LogP contribution in [0.3, 0.4) is 0 Å². The third-order valence-electron chi connectivity index (χ3n) is 6.01. The molecule has 0 saturated carbocycles. The summed E-state index contributed by atoms with van der Waals surface area (Å²) in [5.41, 5.74) is 0.309. The van der Waals surface area contributed by atoms with Gasteiger partial charge in [0.15, 0.2) is 16.5 Å². The van der Waals surface area contributed by atoms with E-state index in [9.17, 15) is 19.1 Å². The molecular formula is C25H29FN4O5S. The van der Waals surface area contributed by atoms with E-state index < -0.39 is 11.2 Å². The smallest absolute Gasteiger partial charge is 0.274 e. The summed E-state index contributed by atoms with van der Waals surface area (Å²) < 4.78 is 25.6. The first kappa shape index (κ1) is 25.9. The van der Waals surface area contributed by atoms with Gasteiger partial charge in [-0.25, -0.2) is 4.39 Å².